The van der Waals surface area contributed by atoms with Gasteiger partial charge in [-0.05, 0) is 24.8 Å². The van der Waals surface area contributed by atoms with Gasteiger partial charge in [-0.25, -0.2) is 9.97 Å². The van der Waals surface area contributed by atoms with E-state index in [1.165, 1.54) is 25.7 Å². The number of rotatable bonds is 4. The fourth-order valence-electron chi connectivity index (χ4n) is 3.54. The summed E-state index contributed by atoms with van der Waals surface area (Å²) in [5.41, 5.74) is 2.80. The van der Waals surface area contributed by atoms with E-state index in [2.05, 4.69) is 32.8 Å². The third-order valence-corrected chi connectivity index (χ3v) is 4.66. The lowest BCUT2D eigenvalue weighted by molar-refractivity contribution is 0.370. The van der Waals surface area contributed by atoms with Gasteiger partial charge in [0.1, 0.15) is 12.0 Å². The maximum Gasteiger partial charge on any atom is 0.141 e. The highest BCUT2D eigenvalue weighted by Crippen LogP contribution is 2.35. The smallest absolute Gasteiger partial charge is 0.141 e. The maximum absolute atomic E-state index is 4.57. The van der Waals surface area contributed by atoms with Crippen LogP contribution < -0.4 is 0 Å². The summed E-state index contributed by atoms with van der Waals surface area (Å²) in [4.78, 5) is 11.8. The largest absolute Gasteiger partial charge is 0.346 e. The third-order valence-electron chi connectivity index (χ3n) is 4.66. The Kier molecular flexibility index (Phi) is 3.25. The van der Waals surface area contributed by atoms with Crippen LogP contribution in [0.25, 0.3) is 22.3 Å². The standard InChI is InChI=1S/C17H19N5/c1-2-15(12-5-3-4-6-12)22-10-13(9-21-22)16-14-7-8-18-17(14)20-11-19-16/h2,7-12,15H,1,3-6H2,(H,18,19,20). The van der Waals surface area contributed by atoms with Gasteiger partial charge >= 0.3 is 0 Å². The number of fused-ring (bicyclic) bond motifs is 1. The Hall–Kier alpha value is -2.43. The number of hydrogen-bond acceptors (Lipinski definition) is 3. The first-order valence-electron chi connectivity index (χ1n) is 7.82. The van der Waals surface area contributed by atoms with Gasteiger partial charge in [-0.15, -0.1) is 6.58 Å². The summed E-state index contributed by atoms with van der Waals surface area (Å²) < 4.78 is 2.04. The van der Waals surface area contributed by atoms with Crippen molar-refractivity contribution < 1.29 is 0 Å². The minimum absolute atomic E-state index is 0.278. The number of aromatic nitrogens is 5. The van der Waals surface area contributed by atoms with E-state index in [0.717, 1.165) is 22.3 Å². The van der Waals surface area contributed by atoms with Crippen LogP contribution in [0.5, 0.6) is 0 Å². The van der Waals surface area contributed by atoms with E-state index in [0.29, 0.717) is 5.92 Å². The molecule has 0 saturated heterocycles. The monoisotopic (exact) mass is 293 g/mol. The predicted octanol–water partition coefficient (Wildman–Crippen LogP) is 3.74. The first kappa shape index (κ1) is 13.2. The van der Waals surface area contributed by atoms with E-state index in [1.54, 1.807) is 6.33 Å². The van der Waals surface area contributed by atoms with Crippen molar-refractivity contribution in [2.45, 2.75) is 31.7 Å². The van der Waals surface area contributed by atoms with E-state index >= 15 is 0 Å². The normalized spacial score (nSPS) is 17.1. The molecule has 0 bridgehead atoms. The molecule has 4 rings (SSSR count). The van der Waals surface area contributed by atoms with Crippen molar-refractivity contribution in [2.24, 2.45) is 5.92 Å². The van der Waals surface area contributed by atoms with Gasteiger partial charge in [0, 0.05) is 23.3 Å². The molecule has 1 N–H and O–H groups in total. The highest BCUT2D eigenvalue weighted by Gasteiger charge is 2.25. The zero-order valence-corrected chi connectivity index (χ0v) is 12.4. The quantitative estimate of drug-likeness (QED) is 0.745. The molecule has 1 aliphatic rings. The molecule has 3 aromatic rings. The highest BCUT2D eigenvalue weighted by molar-refractivity contribution is 5.89. The van der Waals surface area contributed by atoms with Crippen LogP contribution in [0.15, 0.2) is 43.6 Å². The van der Waals surface area contributed by atoms with Crippen LogP contribution >= 0.6 is 0 Å². The van der Waals surface area contributed by atoms with Crippen molar-refractivity contribution in [2.75, 3.05) is 0 Å². The molecule has 1 saturated carbocycles. The Balaban J connectivity index is 1.71. The third kappa shape index (κ3) is 2.13. The van der Waals surface area contributed by atoms with Crippen molar-refractivity contribution >= 4 is 11.0 Å². The first-order chi connectivity index (χ1) is 10.9. The number of nitrogens with zero attached hydrogens (tertiary/aromatic N) is 4. The molecule has 1 unspecified atom stereocenters. The first-order valence-corrected chi connectivity index (χ1v) is 7.82. The van der Waals surface area contributed by atoms with Crippen LogP contribution in [-0.2, 0) is 0 Å². The van der Waals surface area contributed by atoms with Gasteiger partial charge in [-0.3, -0.25) is 4.68 Å². The Labute approximate surface area is 129 Å². The van der Waals surface area contributed by atoms with Gasteiger partial charge in [0.25, 0.3) is 0 Å². The van der Waals surface area contributed by atoms with Crippen LogP contribution in [0.3, 0.4) is 0 Å². The average Bonchev–Trinajstić information content (AvgIpc) is 3.29. The Morgan fingerprint density at radius 3 is 3.00 bits per heavy atom. The molecule has 0 aromatic carbocycles. The molecular weight excluding hydrogens is 274 g/mol. The van der Waals surface area contributed by atoms with Crippen LogP contribution in [0.1, 0.15) is 31.7 Å². The molecule has 0 aliphatic heterocycles. The molecule has 0 radical (unpaired) electrons. The van der Waals surface area contributed by atoms with E-state index in [1.807, 2.05) is 29.2 Å². The summed E-state index contributed by atoms with van der Waals surface area (Å²) in [6.07, 6.45) is 14.6. The van der Waals surface area contributed by atoms with Crippen LogP contribution in [-0.4, -0.2) is 24.7 Å². The summed E-state index contributed by atoms with van der Waals surface area (Å²) in [5.74, 6) is 0.655. The zero-order valence-electron chi connectivity index (χ0n) is 12.4. The van der Waals surface area contributed by atoms with Crippen molar-refractivity contribution in [1.29, 1.82) is 0 Å². The average molecular weight is 293 g/mol. The molecule has 5 nitrogen and oxygen atoms in total. The molecule has 3 aromatic heterocycles. The molecule has 0 amide bonds. The van der Waals surface area contributed by atoms with Crippen molar-refractivity contribution in [3.8, 4) is 11.3 Å². The van der Waals surface area contributed by atoms with E-state index in [4.69, 9.17) is 0 Å². The lowest BCUT2D eigenvalue weighted by atomic mass is 9.98. The zero-order chi connectivity index (χ0) is 14.9. The SMILES string of the molecule is C=CC(C1CCCC1)n1cc(-c2ncnc3[nH]ccc23)cn1. The number of hydrogen-bond donors (Lipinski definition) is 1. The highest BCUT2D eigenvalue weighted by atomic mass is 15.3. The minimum atomic E-state index is 0.278. The molecular formula is C17H19N5. The molecule has 3 heterocycles. The fourth-order valence-corrected chi connectivity index (χ4v) is 3.54. The van der Waals surface area contributed by atoms with Gasteiger partial charge in [-0.2, -0.15) is 5.10 Å². The number of nitrogens with one attached hydrogen (secondary N) is 1. The molecule has 1 fully saturated rings. The van der Waals surface area contributed by atoms with Gasteiger partial charge < -0.3 is 4.98 Å². The van der Waals surface area contributed by atoms with E-state index in [-0.39, 0.29) is 6.04 Å². The number of H-pyrrole nitrogens is 1. The lowest BCUT2D eigenvalue weighted by Gasteiger charge is -2.20. The maximum atomic E-state index is 4.57. The van der Waals surface area contributed by atoms with Crippen LogP contribution in [0, 0.1) is 5.92 Å². The van der Waals surface area contributed by atoms with Gasteiger partial charge in [-0.1, -0.05) is 18.9 Å². The second kappa shape index (κ2) is 5.40. The second-order valence-corrected chi connectivity index (χ2v) is 5.94. The number of aromatic amines is 1. The van der Waals surface area contributed by atoms with Crippen LogP contribution in [0.4, 0.5) is 0 Å². The second-order valence-electron chi connectivity index (χ2n) is 5.94. The minimum Gasteiger partial charge on any atom is -0.346 e. The number of allylic oxidation sites excluding steroid dienone is 1. The van der Waals surface area contributed by atoms with Gasteiger partial charge in [0.15, 0.2) is 0 Å². The molecule has 112 valence electrons. The molecule has 1 atom stereocenters. The van der Waals surface area contributed by atoms with Crippen molar-refractivity contribution in [3.05, 3.63) is 43.6 Å². The topological polar surface area (TPSA) is 59.4 Å². The van der Waals surface area contributed by atoms with Gasteiger partial charge in [0.05, 0.1) is 17.9 Å². The Morgan fingerprint density at radius 1 is 1.32 bits per heavy atom. The summed E-state index contributed by atoms with van der Waals surface area (Å²) in [6.45, 7) is 4.01. The van der Waals surface area contributed by atoms with Crippen LogP contribution in [0.2, 0.25) is 0 Å². The van der Waals surface area contributed by atoms with E-state index in [9.17, 15) is 0 Å². The molecule has 0 spiro atoms. The Morgan fingerprint density at radius 2 is 2.18 bits per heavy atom. The van der Waals surface area contributed by atoms with Crippen molar-refractivity contribution in [3.63, 3.8) is 0 Å². The molecule has 5 heteroatoms. The summed E-state index contributed by atoms with van der Waals surface area (Å²) >= 11 is 0. The summed E-state index contributed by atoms with van der Waals surface area (Å²) in [5, 5.41) is 5.60. The molecule has 22 heavy (non-hydrogen) atoms. The van der Waals surface area contributed by atoms with E-state index < -0.39 is 0 Å². The fraction of sp³-hybridized carbons (Fsp3) is 0.353. The van der Waals surface area contributed by atoms with Crippen molar-refractivity contribution in [1.82, 2.24) is 24.7 Å². The summed E-state index contributed by atoms with van der Waals surface area (Å²) in [6, 6.07) is 2.28. The van der Waals surface area contributed by atoms with Gasteiger partial charge in [0.2, 0.25) is 0 Å². The lowest BCUT2D eigenvalue weighted by Crippen LogP contribution is -2.15. The predicted molar refractivity (Wildman–Crippen MR) is 86.3 cm³/mol. The summed E-state index contributed by atoms with van der Waals surface area (Å²) in [7, 11) is 0. The Bertz CT molecular complexity index is 794. The molecule has 1 aliphatic carbocycles.